The maximum Gasteiger partial charge on any atom is 0.332 e. The first-order chi connectivity index (χ1) is 27.8. The fourth-order valence-electron chi connectivity index (χ4n) is 6.96. The summed E-state index contributed by atoms with van der Waals surface area (Å²) in [6, 6.07) is 12.9. The first-order valence-corrected chi connectivity index (χ1v) is 26.4. The molecule has 0 fully saturated rings. The van der Waals surface area contributed by atoms with Crippen LogP contribution in [0.1, 0.15) is 175 Å². The van der Waals surface area contributed by atoms with Gasteiger partial charge in [-0.25, -0.2) is 0 Å². The van der Waals surface area contributed by atoms with Crippen LogP contribution in [0.4, 0.5) is 0 Å². The number of phenols is 3. The molecule has 0 aliphatic rings. The molecule has 0 radical (unpaired) electrons. The molecular formula is C51H81O6PS3. The number of hydrogen-bond donors (Lipinski definition) is 3. The molecule has 0 spiro atoms. The minimum absolute atomic E-state index is 0.168. The largest absolute Gasteiger partial charge is 0.507 e. The molecule has 6 nitrogen and oxygen atoms in total. The molecule has 0 unspecified atom stereocenters. The molecule has 3 rings (SSSR count). The molecule has 10 heteroatoms. The Morgan fingerprint density at radius 3 is 0.705 bits per heavy atom. The second-order valence-electron chi connectivity index (χ2n) is 22.5. The lowest BCUT2D eigenvalue weighted by atomic mass is 9.78. The molecule has 3 aromatic carbocycles. The Bertz CT molecular complexity index is 1560. The predicted molar refractivity (Wildman–Crippen MR) is 270 cm³/mol. The van der Waals surface area contributed by atoms with Crippen LogP contribution in [-0.4, -0.2) is 52.4 Å². The van der Waals surface area contributed by atoms with Gasteiger partial charge in [0.25, 0.3) is 0 Å². The summed E-state index contributed by atoms with van der Waals surface area (Å²) in [6.07, 6.45) is 0. The molecular weight excluding hydrogens is 836 g/mol. The second kappa shape index (κ2) is 21.6. The number of rotatable bonds is 18. The summed E-state index contributed by atoms with van der Waals surface area (Å²) < 4.78 is 18.9. The number of hydrogen-bond acceptors (Lipinski definition) is 9. The van der Waals surface area contributed by atoms with Gasteiger partial charge >= 0.3 is 8.60 Å². The predicted octanol–water partition coefficient (Wildman–Crippen LogP) is 15.0. The zero-order valence-corrected chi connectivity index (χ0v) is 44.4. The third-order valence-corrected chi connectivity index (χ3v) is 14.6. The SMILES string of the molecule is CC(C)(C)c1cc(CSCCOP(OCCSCc2cc(C(C)(C)C)c(O)c(C(C)(C)C)c2)OCCSCc2cc(C(C)(C)C)c(O)c(C(C)(C)C)c2)cc(C(C)(C)C)c1O. The average molecular weight is 917 g/mol. The van der Waals surface area contributed by atoms with Crippen molar-refractivity contribution in [2.75, 3.05) is 37.1 Å². The Morgan fingerprint density at radius 1 is 0.361 bits per heavy atom. The maximum atomic E-state index is 11.2. The highest BCUT2D eigenvalue weighted by atomic mass is 32.2. The monoisotopic (exact) mass is 916 g/mol. The van der Waals surface area contributed by atoms with Crippen LogP contribution >= 0.6 is 43.9 Å². The van der Waals surface area contributed by atoms with E-state index in [-0.39, 0.29) is 32.5 Å². The van der Waals surface area contributed by atoms with E-state index in [1.807, 2.05) is 35.3 Å². The van der Waals surface area contributed by atoms with Crippen molar-refractivity contribution in [1.82, 2.24) is 0 Å². The van der Waals surface area contributed by atoms with Crippen molar-refractivity contribution in [3.05, 3.63) is 86.5 Å². The minimum atomic E-state index is -1.55. The molecule has 0 atom stereocenters. The molecule has 0 amide bonds. The third-order valence-electron chi connectivity index (χ3n) is 10.4. The molecule has 0 aliphatic heterocycles. The lowest BCUT2D eigenvalue weighted by Gasteiger charge is -2.28. The maximum absolute atomic E-state index is 11.2. The highest BCUT2D eigenvalue weighted by Crippen LogP contribution is 2.44. The van der Waals surface area contributed by atoms with Crippen LogP contribution in [0.25, 0.3) is 0 Å². The van der Waals surface area contributed by atoms with Crippen molar-refractivity contribution in [2.24, 2.45) is 0 Å². The lowest BCUT2D eigenvalue weighted by molar-refractivity contribution is 0.179. The van der Waals surface area contributed by atoms with Crippen molar-refractivity contribution in [3.8, 4) is 17.2 Å². The van der Waals surface area contributed by atoms with E-state index in [0.29, 0.717) is 37.1 Å². The highest BCUT2D eigenvalue weighted by Gasteiger charge is 2.29. The summed E-state index contributed by atoms with van der Waals surface area (Å²) in [5, 5.41) is 33.6. The first-order valence-electron chi connectivity index (χ1n) is 21.8. The van der Waals surface area contributed by atoms with Crippen molar-refractivity contribution in [3.63, 3.8) is 0 Å². The quantitative estimate of drug-likeness (QED) is 0.0853. The zero-order chi connectivity index (χ0) is 46.4. The summed E-state index contributed by atoms with van der Waals surface area (Å²) in [5.74, 6) is 6.04. The van der Waals surface area contributed by atoms with Gasteiger partial charge in [-0.05, 0) is 82.6 Å². The van der Waals surface area contributed by atoms with Crippen LogP contribution in [0.2, 0.25) is 0 Å². The molecule has 0 saturated heterocycles. The van der Waals surface area contributed by atoms with Crippen LogP contribution in [0, 0.1) is 0 Å². The summed E-state index contributed by atoms with van der Waals surface area (Å²) in [4.78, 5) is 0. The van der Waals surface area contributed by atoms with Crippen LogP contribution in [0.15, 0.2) is 36.4 Å². The van der Waals surface area contributed by atoms with Crippen molar-refractivity contribution in [2.45, 2.75) is 174 Å². The number of aromatic hydroxyl groups is 3. The smallest absolute Gasteiger partial charge is 0.332 e. The number of benzene rings is 3. The number of phenolic OH excluding ortho intramolecular Hbond substituents is 3. The van der Waals surface area contributed by atoms with Crippen LogP contribution in [-0.2, 0) is 63.3 Å². The van der Waals surface area contributed by atoms with Gasteiger partial charge in [-0.3, -0.25) is 0 Å². The van der Waals surface area contributed by atoms with E-state index in [1.165, 1.54) is 16.7 Å². The lowest BCUT2D eigenvalue weighted by Crippen LogP contribution is -2.17. The Labute approximate surface area is 385 Å². The summed E-state index contributed by atoms with van der Waals surface area (Å²) in [7, 11) is -1.55. The van der Waals surface area contributed by atoms with Crippen LogP contribution < -0.4 is 0 Å². The summed E-state index contributed by atoms with van der Waals surface area (Å²) in [5.41, 5.74) is 8.51. The van der Waals surface area contributed by atoms with E-state index >= 15 is 0 Å². The molecule has 3 aromatic rings. The molecule has 0 aliphatic carbocycles. The number of thioether (sulfide) groups is 3. The van der Waals surface area contributed by atoms with Gasteiger partial charge in [-0.2, -0.15) is 35.3 Å². The minimum Gasteiger partial charge on any atom is -0.507 e. The van der Waals surface area contributed by atoms with Crippen molar-refractivity contribution in [1.29, 1.82) is 0 Å². The first kappa shape index (κ1) is 53.8. The van der Waals surface area contributed by atoms with Gasteiger partial charge in [0, 0.05) is 34.5 Å². The molecule has 0 bridgehead atoms. The van der Waals surface area contributed by atoms with Gasteiger partial charge in [0.15, 0.2) is 0 Å². The van der Waals surface area contributed by atoms with Gasteiger partial charge in [0.1, 0.15) is 17.2 Å². The van der Waals surface area contributed by atoms with Crippen molar-refractivity contribution >= 4 is 43.9 Å². The topological polar surface area (TPSA) is 88.4 Å². The Hall–Kier alpha value is -1.58. The molecule has 0 heterocycles. The molecule has 344 valence electrons. The second-order valence-corrected chi connectivity index (χ2v) is 27.0. The van der Waals surface area contributed by atoms with E-state index in [2.05, 4.69) is 161 Å². The average Bonchev–Trinajstić information content (AvgIpc) is 3.09. The van der Waals surface area contributed by atoms with E-state index in [0.717, 1.165) is 67.9 Å². The highest BCUT2D eigenvalue weighted by molar-refractivity contribution is 7.99. The van der Waals surface area contributed by atoms with Crippen LogP contribution in [0.5, 0.6) is 17.2 Å². The third kappa shape index (κ3) is 16.4. The fourth-order valence-corrected chi connectivity index (χ4v) is 10.5. The van der Waals surface area contributed by atoms with E-state index < -0.39 is 8.60 Å². The zero-order valence-electron chi connectivity index (χ0n) is 41.1. The Kier molecular flexibility index (Phi) is 19.0. The van der Waals surface area contributed by atoms with E-state index in [4.69, 9.17) is 13.6 Å². The fraction of sp³-hybridized carbons (Fsp3) is 0.647. The summed E-state index contributed by atoms with van der Waals surface area (Å²) in [6.45, 7) is 40.2. The standard InChI is InChI=1S/C51H81O6PS3/c1-46(2,3)37-25-34(26-38(43(37)52)47(4,5)6)31-59-22-19-55-58(56-20-23-60-32-35-27-39(48(7,8)9)44(53)40(28-35)49(10,11)12)57-21-24-61-33-36-29-41(50(13,14)15)45(54)42(30-36)51(16,17)18/h25-30,52-54H,19-24,31-33H2,1-18H3. The van der Waals surface area contributed by atoms with Crippen molar-refractivity contribution < 1.29 is 28.9 Å². The Balaban J connectivity index is 1.66. The molecule has 61 heavy (non-hydrogen) atoms. The van der Waals surface area contributed by atoms with Gasteiger partial charge in [0.05, 0.1) is 19.8 Å². The van der Waals surface area contributed by atoms with Gasteiger partial charge in [0.2, 0.25) is 0 Å². The summed E-state index contributed by atoms with van der Waals surface area (Å²) >= 11 is 5.44. The molecule has 3 N–H and O–H groups in total. The van der Waals surface area contributed by atoms with Crippen LogP contribution in [0.3, 0.4) is 0 Å². The Morgan fingerprint density at radius 2 is 0.541 bits per heavy atom. The van der Waals surface area contributed by atoms with Gasteiger partial charge in [-0.1, -0.05) is 161 Å². The van der Waals surface area contributed by atoms with Gasteiger partial charge < -0.3 is 28.9 Å². The van der Waals surface area contributed by atoms with E-state index in [1.54, 1.807) is 0 Å². The van der Waals surface area contributed by atoms with E-state index in [9.17, 15) is 15.3 Å². The van der Waals surface area contributed by atoms with Gasteiger partial charge in [-0.15, -0.1) is 0 Å². The molecule has 0 saturated carbocycles. The normalized spacial score (nSPS) is 13.4. The molecule has 0 aromatic heterocycles.